The molecule has 0 aromatic carbocycles. The van der Waals surface area contributed by atoms with Crippen molar-refractivity contribution in [2.24, 2.45) is 5.84 Å². The minimum atomic E-state index is 0.131. The van der Waals surface area contributed by atoms with E-state index in [0.717, 1.165) is 26.1 Å². The van der Waals surface area contributed by atoms with Crippen LogP contribution in [0.2, 0.25) is 0 Å². The molecule has 2 aromatic rings. The maximum Gasteiger partial charge on any atom is 0.257 e. The number of aromatic nitrogens is 5. The molecule has 1 unspecified atom stereocenters. The summed E-state index contributed by atoms with van der Waals surface area (Å²) in [4.78, 5) is 15.1. The molecule has 0 saturated carbocycles. The van der Waals surface area contributed by atoms with Crippen molar-refractivity contribution in [2.75, 3.05) is 30.0 Å². The molecule has 3 heterocycles. The van der Waals surface area contributed by atoms with Crippen LogP contribution in [0, 0.1) is 0 Å². The molecule has 1 aliphatic heterocycles. The maximum absolute atomic E-state index is 5.64. The van der Waals surface area contributed by atoms with Crippen molar-refractivity contribution in [1.82, 2.24) is 24.7 Å². The molecule has 0 amide bonds. The van der Waals surface area contributed by atoms with Crippen LogP contribution in [0.25, 0.3) is 5.95 Å². The fourth-order valence-corrected chi connectivity index (χ4v) is 2.23. The number of nitrogens with zero attached hydrogens (tertiary/aromatic N) is 6. The van der Waals surface area contributed by atoms with Gasteiger partial charge in [-0.3, -0.25) is 5.43 Å². The number of hydrogen-bond acceptors (Lipinski definition) is 8. The van der Waals surface area contributed by atoms with Gasteiger partial charge in [0.25, 0.3) is 5.95 Å². The second-order valence-electron chi connectivity index (χ2n) is 4.83. The molecule has 1 atom stereocenters. The Bertz CT molecular complexity index is 587. The Kier molecular flexibility index (Phi) is 3.93. The van der Waals surface area contributed by atoms with E-state index in [0.29, 0.717) is 17.8 Å². The summed E-state index contributed by atoms with van der Waals surface area (Å²) in [6.07, 6.45) is 4.50. The van der Waals surface area contributed by atoms with E-state index >= 15 is 0 Å². The van der Waals surface area contributed by atoms with Gasteiger partial charge < -0.3 is 9.64 Å². The van der Waals surface area contributed by atoms with Crippen LogP contribution in [0.5, 0.6) is 0 Å². The topological polar surface area (TPSA) is 107 Å². The average molecular weight is 290 g/mol. The predicted molar refractivity (Wildman–Crippen MR) is 77.0 cm³/mol. The number of hydrogen-bond donors (Lipinski definition) is 2. The van der Waals surface area contributed by atoms with Gasteiger partial charge in [0.05, 0.1) is 6.10 Å². The Labute approximate surface area is 122 Å². The van der Waals surface area contributed by atoms with Gasteiger partial charge in [0.15, 0.2) is 0 Å². The fourth-order valence-electron chi connectivity index (χ4n) is 2.23. The first-order valence-corrected chi connectivity index (χ1v) is 6.85. The summed E-state index contributed by atoms with van der Waals surface area (Å²) in [5.41, 5.74) is 2.47. The molecule has 0 spiro atoms. The Balaban J connectivity index is 1.95. The summed E-state index contributed by atoms with van der Waals surface area (Å²) in [6.45, 7) is 4.34. The van der Waals surface area contributed by atoms with E-state index in [-0.39, 0.29) is 6.10 Å². The highest BCUT2D eigenvalue weighted by atomic mass is 16.5. The number of anilines is 2. The van der Waals surface area contributed by atoms with Crippen LogP contribution in [-0.2, 0) is 4.74 Å². The van der Waals surface area contributed by atoms with Crippen LogP contribution in [0.3, 0.4) is 0 Å². The van der Waals surface area contributed by atoms with Crippen LogP contribution in [0.15, 0.2) is 18.5 Å². The molecule has 1 saturated heterocycles. The predicted octanol–water partition coefficient (Wildman–Crippen LogP) is -0.0419. The summed E-state index contributed by atoms with van der Waals surface area (Å²) >= 11 is 0. The van der Waals surface area contributed by atoms with Crippen LogP contribution in [0.4, 0.5) is 11.9 Å². The minimum Gasteiger partial charge on any atom is -0.377 e. The van der Waals surface area contributed by atoms with E-state index in [1.807, 2.05) is 6.92 Å². The van der Waals surface area contributed by atoms with Gasteiger partial charge in [-0.15, -0.1) is 0 Å². The Hall–Kier alpha value is -2.26. The van der Waals surface area contributed by atoms with Crippen LogP contribution < -0.4 is 16.2 Å². The van der Waals surface area contributed by atoms with Gasteiger partial charge in [0, 0.05) is 32.1 Å². The van der Waals surface area contributed by atoms with E-state index in [4.69, 9.17) is 10.6 Å². The monoisotopic (exact) mass is 290 g/mol. The highest BCUT2D eigenvalue weighted by Gasteiger charge is 2.19. The lowest BCUT2D eigenvalue weighted by Gasteiger charge is -2.22. The zero-order chi connectivity index (χ0) is 14.7. The van der Waals surface area contributed by atoms with Crippen LogP contribution in [-0.4, -0.2) is 50.5 Å². The van der Waals surface area contributed by atoms with Crippen molar-refractivity contribution < 1.29 is 4.74 Å². The van der Waals surface area contributed by atoms with Crippen molar-refractivity contribution in [2.45, 2.75) is 19.4 Å². The third kappa shape index (κ3) is 3.09. The number of rotatable bonds is 3. The number of nitrogen functional groups attached to an aromatic ring is 1. The molecule has 1 fully saturated rings. The molecule has 0 aliphatic carbocycles. The molecule has 3 N–H and O–H groups in total. The largest absolute Gasteiger partial charge is 0.377 e. The lowest BCUT2D eigenvalue weighted by Crippen LogP contribution is -2.32. The third-order valence-corrected chi connectivity index (χ3v) is 3.19. The molecule has 3 rings (SSSR count). The van der Waals surface area contributed by atoms with E-state index in [2.05, 4.69) is 30.4 Å². The van der Waals surface area contributed by atoms with Gasteiger partial charge in [-0.05, 0) is 19.4 Å². The minimum absolute atomic E-state index is 0.131. The zero-order valence-corrected chi connectivity index (χ0v) is 11.8. The van der Waals surface area contributed by atoms with Gasteiger partial charge >= 0.3 is 0 Å². The fraction of sp³-hybridized carbons (Fsp3) is 0.500. The third-order valence-electron chi connectivity index (χ3n) is 3.19. The summed E-state index contributed by atoms with van der Waals surface area (Å²) in [5, 5.41) is 4.13. The highest BCUT2D eigenvalue weighted by Crippen LogP contribution is 2.16. The lowest BCUT2D eigenvalue weighted by molar-refractivity contribution is 0.0820. The van der Waals surface area contributed by atoms with Gasteiger partial charge in [-0.25, -0.2) is 10.5 Å². The molecular weight excluding hydrogens is 272 g/mol. The molecule has 0 radical (unpaired) electrons. The summed E-state index contributed by atoms with van der Waals surface area (Å²) in [5.74, 6) is 6.76. The second kappa shape index (κ2) is 6.02. The molecule has 9 heteroatoms. The van der Waals surface area contributed by atoms with Crippen molar-refractivity contribution in [3.05, 3.63) is 18.5 Å². The second-order valence-corrected chi connectivity index (χ2v) is 4.83. The number of nitrogens with one attached hydrogen (secondary N) is 1. The zero-order valence-electron chi connectivity index (χ0n) is 11.8. The SMILES string of the molecule is CC1CN(c2nc(NN)nc(-n3cccn3)n2)CCCO1. The van der Waals surface area contributed by atoms with Crippen molar-refractivity contribution >= 4 is 11.9 Å². The van der Waals surface area contributed by atoms with E-state index in [1.165, 1.54) is 0 Å². The first kappa shape index (κ1) is 13.7. The highest BCUT2D eigenvalue weighted by molar-refractivity contribution is 5.39. The Morgan fingerprint density at radius 2 is 2.19 bits per heavy atom. The maximum atomic E-state index is 5.64. The van der Waals surface area contributed by atoms with Crippen LogP contribution in [0.1, 0.15) is 13.3 Å². The number of ether oxygens (including phenoxy) is 1. The quantitative estimate of drug-likeness (QED) is 0.599. The smallest absolute Gasteiger partial charge is 0.257 e. The van der Waals surface area contributed by atoms with Gasteiger partial charge in [0.2, 0.25) is 11.9 Å². The normalized spacial score (nSPS) is 19.3. The van der Waals surface area contributed by atoms with Gasteiger partial charge in [-0.2, -0.15) is 20.1 Å². The molecule has 1 aliphatic rings. The average Bonchev–Trinajstić information content (AvgIpc) is 2.96. The molecule has 112 valence electrons. The van der Waals surface area contributed by atoms with Crippen LogP contribution >= 0.6 is 0 Å². The van der Waals surface area contributed by atoms with Gasteiger partial charge in [0.1, 0.15) is 0 Å². The number of nitrogens with two attached hydrogens (primary N) is 1. The van der Waals surface area contributed by atoms with E-state index < -0.39 is 0 Å². The molecule has 21 heavy (non-hydrogen) atoms. The molecular formula is C12H18N8O. The van der Waals surface area contributed by atoms with Crippen molar-refractivity contribution in [3.8, 4) is 5.95 Å². The lowest BCUT2D eigenvalue weighted by atomic mass is 10.3. The molecule has 2 aromatic heterocycles. The first-order valence-electron chi connectivity index (χ1n) is 6.85. The Morgan fingerprint density at radius 3 is 2.95 bits per heavy atom. The summed E-state index contributed by atoms with van der Waals surface area (Å²) in [6, 6.07) is 1.81. The van der Waals surface area contributed by atoms with E-state index in [1.54, 1.807) is 23.1 Å². The van der Waals surface area contributed by atoms with Crippen molar-refractivity contribution in [3.63, 3.8) is 0 Å². The summed E-state index contributed by atoms with van der Waals surface area (Å²) in [7, 11) is 0. The van der Waals surface area contributed by atoms with Crippen molar-refractivity contribution in [1.29, 1.82) is 0 Å². The standard InChI is InChI=1S/C12H18N8O/c1-9-8-19(5-3-7-21-9)11-15-10(18-13)16-12(17-11)20-6-2-4-14-20/h2,4,6,9H,3,5,7-8,13H2,1H3,(H,15,16,17,18). The van der Waals surface area contributed by atoms with Gasteiger partial charge in [-0.1, -0.05) is 0 Å². The molecule has 9 nitrogen and oxygen atoms in total. The first-order chi connectivity index (χ1) is 10.3. The summed E-state index contributed by atoms with van der Waals surface area (Å²) < 4.78 is 7.22. The molecule has 0 bridgehead atoms. The Morgan fingerprint density at radius 1 is 1.33 bits per heavy atom. The number of hydrazine groups is 1. The van der Waals surface area contributed by atoms with E-state index in [9.17, 15) is 0 Å².